The van der Waals surface area contributed by atoms with Crippen LogP contribution in [-0.2, 0) is 0 Å². The van der Waals surface area contributed by atoms with Gasteiger partial charge in [0.2, 0.25) is 5.16 Å². The molecule has 106 valence electrons. The molecule has 0 aliphatic carbocycles. The average molecular weight is 355 g/mol. The van der Waals surface area contributed by atoms with E-state index in [-0.39, 0.29) is 11.7 Å². The lowest BCUT2D eigenvalue weighted by Gasteiger charge is -2.05. The number of benzene rings is 1. The van der Waals surface area contributed by atoms with E-state index in [2.05, 4.69) is 31.2 Å². The minimum Gasteiger partial charge on any atom is -0.507 e. The smallest absolute Gasteiger partial charge is 0.211 e. The molecular formula is C13H15BrN4OS. The van der Waals surface area contributed by atoms with Crippen LogP contribution in [0.1, 0.15) is 31.2 Å². The monoisotopic (exact) mass is 354 g/mol. The van der Waals surface area contributed by atoms with Crippen LogP contribution >= 0.6 is 27.7 Å². The van der Waals surface area contributed by atoms with Crippen molar-refractivity contribution in [1.29, 1.82) is 0 Å². The molecule has 20 heavy (non-hydrogen) atoms. The summed E-state index contributed by atoms with van der Waals surface area (Å²) in [5.74, 6) is 1.19. The zero-order valence-corrected chi connectivity index (χ0v) is 13.8. The molecule has 1 aromatic carbocycles. The topological polar surface area (TPSA) is 63.3 Å². The Hall–Kier alpha value is -1.34. The number of nitrogens with zero attached hydrogens (tertiary/aromatic N) is 4. The fourth-order valence-corrected chi connectivity index (χ4v) is 2.44. The summed E-state index contributed by atoms with van der Waals surface area (Å²) < 4.78 is 2.59. The van der Waals surface area contributed by atoms with Crippen LogP contribution in [0, 0.1) is 0 Å². The van der Waals surface area contributed by atoms with Gasteiger partial charge in [-0.25, -0.2) is 0 Å². The highest BCUT2D eigenvalue weighted by Crippen LogP contribution is 2.22. The maximum absolute atomic E-state index is 9.81. The van der Waals surface area contributed by atoms with Crippen molar-refractivity contribution in [3.63, 3.8) is 0 Å². The molecule has 1 heterocycles. The van der Waals surface area contributed by atoms with Crippen LogP contribution in [0.3, 0.4) is 0 Å². The predicted octanol–water partition coefficient (Wildman–Crippen LogP) is 3.47. The van der Waals surface area contributed by atoms with Gasteiger partial charge in [-0.15, -0.1) is 10.2 Å². The third-order valence-corrected chi connectivity index (χ3v) is 3.75. The summed E-state index contributed by atoms with van der Waals surface area (Å²) in [6, 6.07) is 5.20. The van der Waals surface area contributed by atoms with Crippen molar-refractivity contribution in [2.24, 2.45) is 5.10 Å². The zero-order chi connectivity index (χ0) is 14.7. The van der Waals surface area contributed by atoms with Crippen LogP contribution in [-0.4, -0.2) is 32.5 Å². The number of phenolic OH excluding ortho intramolecular Hbond substituents is 1. The molecule has 0 amide bonds. The molecular weight excluding hydrogens is 340 g/mol. The standard InChI is InChI=1S/C13H15BrN4OS/c1-8(2)12-16-17-13(20-3)18(12)15-7-9-6-10(14)4-5-11(9)19/h4-8,19H,1-3H3/b15-7-. The van der Waals surface area contributed by atoms with E-state index in [4.69, 9.17) is 0 Å². The van der Waals surface area contributed by atoms with E-state index in [1.165, 1.54) is 11.8 Å². The van der Waals surface area contributed by atoms with Gasteiger partial charge in [-0.1, -0.05) is 41.5 Å². The van der Waals surface area contributed by atoms with E-state index < -0.39 is 0 Å². The number of halogens is 1. The Morgan fingerprint density at radius 3 is 2.80 bits per heavy atom. The molecule has 2 rings (SSSR count). The average Bonchev–Trinajstić information content (AvgIpc) is 2.82. The lowest BCUT2D eigenvalue weighted by Crippen LogP contribution is -2.02. The molecule has 0 aliphatic rings. The van der Waals surface area contributed by atoms with Gasteiger partial charge >= 0.3 is 0 Å². The Balaban J connectivity index is 2.40. The largest absolute Gasteiger partial charge is 0.507 e. The fraction of sp³-hybridized carbons (Fsp3) is 0.308. The highest BCUT2D eigenvalue weighted by Gasteiger charge is 2.13. The Kier molecular flexibility index (Phi) is 4.82. The van der Waals surface area contributed by atoms with Gasteiger partial charge in [-0.3, -0.25) is 0 Å². The second-order valence-electron chi connectivity index (χ2n) is 4.46. The molecule has 0 fully saturated rings. The van der Waals surface area contributed by atoms with Gasteiger partial charge in [-0.05, 0) is 24.5 Å². The van der Waals surface area contributed by atoms with Crippen molar-refractivity contribution in [3.8, 4) is 5.75 Å². The Morgan fingerprint density at radius 1 is 1.40 bits per heavy atom. The van der Waals surface area contributed by atoms with Crippen LogP contribution in [0.15, 0.2) is 32.9 Å². The predicted molar refractivity (Wildman–Crippen MR) is 84.7 cm³/mol. The number of aromatic hydroxyl groups is 1. The maximum Gasteiger partial charge on any atom is 0.211 e. The Bertz CT molecular complexity index is 639. The minimum absolute atomic E-state index is 0.182. The molecule has 0 unspecified atom stereocenters. The van der Waals surface area contributed by atoms with Gasteiger partial charge in [0, 0.05) is 16.0 Å². The number of hydrogen-bond acceptors (Lipinski definition) is 5. The molecule has 0 saturated heterocycles. The zero-order valence-electron chi connectivity index (χ0n) is 11.4. The Labute approximate surface area is 130 Å². The van der Waals surface area contributed by atoms with Crippen molar-refractivity contribution in [1.82, 2.24) is 14.9 Å². The first kappa shape index (κ1) is 15.1. The minimum atomic E-state index is 0.182. The van der Waals surface area contributed by atoms with Crippen LogP contribution in [0.25, 0.3) is 0 Å². The van der Waals surface area contributed by atoms with E-state index in [0.717, 1.165) is 15.5 Å². The highest BCUT2D eigenvalue weighted by atomic mass is 79.9. The van der Waals surface area contributed by atoms with Crippen LogP contribution in [0.5, 0.6) is 5.75 Å². The summed E-state index contributed by atoms with van der Waals surface area (Å²) in [5, 5.41) is 23.2. The number of rotatable bonds is 4. The Morgan fingerprint density at radius 2 is 2.15 bits per heavy atom. The van der Waals surface area contributed by atoms with E-state index >= 15 is 0 Å². The quantitative estimate of drug-likeness (QED) is 0.674. The van der Waals surface area contributed by atoms with Crippen molar-refractivity contribution < 1.29 is 5.11 Å². The maximum atomic E-state index is 9.81. The van der Waals surface area contributed by atoms with E-state index in [0.29, 0.717) is 5.56 Å². The lowest BCUT2D eigenvalue weighted by atomic mass is 10.2. The molecule has 0 spiro atoms. The molecule has 5 nitrogen and oxygen atoms in total. The van der Waals surface area contributed by atoms with Crippen LogP contribution in [0.4, 0.5) is 0 Å². The fourth-order valence-electron chi connectivity index (χ4n) is 1.62. The SMILES string of the molecule is CSc1nnc(C(C)C)n1/N=C\c1cc(Br)ccc1O. The summed E-state index contributed by atoms with van der Waals surface area (Å²) >= 11 is 4.85. The number of hydrogen-bond donors (Lipinski definition) is 1. The van der Waals surface area contributed by atoms with Gasteiger partial charge in [0.15, 0.2) is 5.82 Å². The molecule has 1 N–H and O–H groups in total. The lowest BCUT2D eigenvalue weighted by molar-refractivity contribution is 0.474. The van der Waals surface area contributed by atoms with Gasteiger partial charge in [-0.2, -0.15) is 9.78 Å². The van der Waals surface area contributed by atoms with Crippen molar-refractivity contribution in [2.45, 2.75) is 24.9 Å². The molecule has 0 saturated carbocycles. The van der Waals surface area contributed by atoms with E-state index in [1.807, 2.05) is 20.1 Å². The van der Waals surface area contributed by atoms with Crippen molar-refractivity contribution in [3.05, 3.63) is 34.1 Å². The molecule has 2 aromatic rings. The third-order valence-electron chi connectivity index (χ3n) is 2.64. The van der Waals surface area contributed by atoms with Crippen LogP contribution < -0.4 is 0 Å². The second kappa shape index (κ2) is 6.41. The summed E-state index contributed by atoms with van der Waals surface area (Å²) in [4.78, 5) is 0. The summed E-state index contributed by atoms with van der Waals surface area (Å²) in [5.41, 5.74) is 0.634. The van der Waals surface area contributed by atoms with Crippen LogP contribution in [0.2, 0.25) is 0 Å². The highest BCUT2D eigenvalue weighted by molar-refractivity contribution is 9.10. The summed E-state index contributed by atoms with van der Waals surface area (Å²) in [6.45, 7) is 4.08. The summed E-state index contributed by atoms with van der Waals surface area (Å²) in [6.07, 6.45) is 3.53. The number of thioether (sulfide) groups is 1. The van der Waals surface area contributed by atoms with E-state index in [9.17, 15) is 5.11 Å². The number of aromatic nitrogens is 3. The first-order chi connectivity index (χ1) is 9.52. The molecule has 0 atom stereocenters. The summed E-state index contributed by atoms with van der Waals surface area (Å²) in [7, 11) is 0. The molecule has 1 aromatic heterocycles. The second-order valence-corrected chi connectivity index (χ2v) is 6.15. The van der Waals surface area contributed by atoms with Gasteiger partial charge in [0.25, 0.3) is 0 Å². The molecule has 0 aliphatic heterocycles. The molecule has 0 radical (unpaired) electrons. The first-order valence-electron chi connectivity index (χ1n) is 6.05. The normalized spacial score (nSPS) is 11.7. The first-order valence-corrected chi connectivity index (χ1v) is 8.07. The van der Waals surface area contributed by atoms with Crippen molar-refractivity contribution >= 4 is 33.9 Å². The van der Waals surface area contributed by atoms with Gasteiger partial charge in [0.1, 0.15) is 5.75 Å². The van der Waals surface area contributed by atoms with E-state index in [1.54, 1.807) is 29.1 Å². The van der Waals surface area contributed by atoms with Gasteiger partial charge in [0.05, 0.1) is 6.21 Å². The molecule has 0 bridgehead atoms. The third kappa shape index (κ3) is 3.21. The van der Waals surface area contributed by atoms with Gasteiger partial charge < -0.3 is 5.11 Å². The number of phenols is 1. The molecule has 7 heteroatoms. The van der Waals surface area contributed by atoms with Crippen molar-refractivity contribution in [2.75, 3.05) is 6.26 Å².